The maximum Gasteiger partial charge on any atom is 0.0540 e. The summed E-state index contributed by atoms with van der Waals surface area (Å²) < 4.78 is 2.62. The Hall–Kier alpha value is -6.74. The number of rotatable bonds is 7. The number of fused-ring (bicyclic) bond motifs is 4. The summed E-state index contributed by atoms with van der Waals surface area (Å²) in [5.41, 5.74) is 12.9. The fourth-order valence-electron chi connectivity index (χ4n) is 7.82. The van der Waals surface area contributed by atoms with Crippen LogP contribution in [0.4, 0.5) is 17.1 Å². The maximum absolute atomic E-state index is 2.42. The molecule has 0 saturated carbocycles. The van der Waals surface area contributed by atoms with Crippen LogP contribution in [0, 0.1) is 0 Å². The molecule has 0 aliphatic heterocycles. The first-order valence-electron chi connectivity index (χ1n) is 18.4. The molecule has 254 valence electrons. The zero-order valence-electron chi connectivity index (χ0n) is 29.6. The van der Waals surface area contributed by atoms with E-state index in [1.54, 1.807) is 0 Å². The molecule has 9 aromatic carbocycles. The van der Waals surface area contributed by atoms with Crippen molar-refractivity contribution < 1.29 is 0 Å². The van der Waals surface area contributed by atoms with Crippen molar-refractivity contribution in [1.29, 1.82) is 0 Å². The minimum Gasteiger partial charge on any atom is -0.310 e. The van der Waals surface area contributed by atoms with Crippen LogP contribution in [-0.4, -0.2) is 0 Å². The molecule has 0 aliphatic rings. The van der Waals surface area contributed by atoms with E-state index in [1.165, 1.54) is 75.5 Å². The Bertz CT molecular complexity index is 2940. The van der Waals surface area contributed by atoms with Gasteiger partial charge in [-0.2, -0.15) is 0 Å². The third-order valence-electron chi connectivity index (χ3n) is 10.5. The van der Waals surface area contributed by atoms with E-state index in [0.717, 1.165) is 17.1 Å². The van der Waals surface area contributed by atoms with Gasteiger partial charge in [-0.25, -0.2) is 0 Å². The molecule has 0 saturated heterocycles. The summed E-state index contributed by atoms with van der Waals surface area (Å²) in [4.78, 5) is 2.42. The summed E-state index contributed by atoms with van der Waals surface area (Å²) in [7, 11) is 0. The van der Waals surface area contributed by atoms with Gasteiger partial charge in [-0.15, -0.1) is 11.3 Å². The minimum absolute atomic E-state index is 1.10. The Labute approximate surface area is 319 Å². The molecule has 1 heterocycles. The van der Waals surface area contributed by atoms with E-state index >= 15 is 0 Å². The highest BCUT2D eigenvalue weighted by molar-refractivity contribution is 7.25. The first-order valence-corrected chi connectivity index (χ1v) is 19.2. The summed E-state index contributed by atoms with van der Waals surface area (Å²) in [5, 5.41) is 5.12. The predicted octanol–water partition coefficient (Wildman–Crippen LogP) is 15.3. The lowest BCUT2D eigenvalue weighted by Gasteiger charge is -2.28. The Morgan fingerprint density at radius 3 is 1.70 bits per heavy atom. The third-order valence-corrected chi connectivity index (χ3v) is 11.6. The zero-order chi connectivity index (χ0) is 35.8. The Balaban J connectivity index is 1.13. The minimum atomic E-state index is 1.10. The van der Waals surface area contributed by atoms with Gasteiger partial charge in [0.1, 0.15) is 0 Å². The number of thiophene rings is 1. The monoisotopic (exact) mass is 705 g/mol. The molecule has 0 aliphatic carbocycles. The van der Waals surface area contributed by atoms with E-state index in [0.29, 0.717) is 0 Å². The fraction of sp³-hybridized carbons (Fsp3) is 0. The van der Waals surface area contributed by atoms with Crippen LogP contribution in [-0.2, 0) is 0 Å². The molecule has 54 heavy (non-hydrogen) atoms. The molecule has 0 bridgehead atoms. The number of nitrogens with zero attached hydrogens (tertiary/aromatic N) is 1. The number of hydrogen-bond donors (Lipinski definition) is 0. The summed E-state index contributed by atoms with van der Waals surface area (Å²) in [6.45, 7) is 0. The van der Waals surface area contributed by atoms with Gasteiger partial charge in [0.25, 0.3) is 0 Å². The van der Waals surface area contributed by atoms with Crippen LogP contribution in [0.1, 0.15) is 0 Å². The molecule has 0 unspecified atom stereocenters. The number of para-hydroxylation sites is 1. The van der Waals surface area contributed by atoms with Crippen molar-refractivity contribution in [3.8, 4) is 44.5 Å². The zero-order valence-corrected chi connectivity index (χ0v) is 30.4. The summed E-state index contributed by atoms with van der Waals surface area (Å²) >= 11 is 1.86. The van der Waals surface area contributed by atoms with Crippen LogP contribution < -0.4 is 4.90 Å². The second-order valence-electron chi connectivity index (χ2n) is 13.7. The van der Waals surface area contributed by atoms with Crippen LogP contribution in [0.3, 0.4) is 0 Å². The molecule has 1 nitrogen and oxygen atoms in total. The first kappa shape index (κ1) is 32.0. The summed E-state index contributed by atoms with van der Waals surface area (Å²) in [6.07, 6.45) is 0. The standard InChI is InChI=1S/C52H35NS/c1-2-13-36(14-3-1)38-27-30-43(31-28-38)53(50-23-10-8-21-47(50)42-29-32-49-48-22-9-11-24-51(48)54-52(49)35-42)44-18-12-17-40(34-44)45-19-6-7-20-46(45)41-26-25-37-15-4-5-16-39(37)33-41/h1-35H. The Morgan fingerprint density at radius 2 is 0.870 bits per heavy atom. The molecule has 0 fully saturated rings. The Morgan fingerprint density at radius 1 is 0.296 bits per heavy atom. The van der Waals surface area contributed by atoms with Crippen LogP contribution in [0.25, 0.3) is 75.5 Å². The van der Waals surface area contributed by atoms with Crippen LogP contribution in [0.5, 0.6) is 0 Å². The van der Waals surface area contributed by atoms with Crippen molar-refractivity contribution in [2.75, 3.05) is 4.90 Å². The van der Waals surface area contributed by atoms with Crippen molar-refractivity contribution in [3.63, 3.8) is 0 Å². The second kappa shape index (κ2) is 13.7. The lowest BCUT2D eigenvalue weighted by molar-refractivity contribution is 1.28. The normalized spacial score (nSPS) is 11.3. The highest BCUT2D eigenvalue weighted by Gasteiger charge is 2.19. The maximum atomic E-state index is 2.42. The molecular weight excluding hydrogens is 671 g/mol. The van der Waals surface area contributed by atoms with E-state index in [1.807, 2.05) is 11.3 Å². The van der Waals surface area contributed by atoms with Gasteiger partial charge in [-0.3, -0.25) is 0 Å². The molecule has 1 aromatic heterocycles. The Kier molecular flexibility index (Phi) is 8.09. The van der Waals surface area contributed by atoms with Crippen molar-refractivity contribution in [2.45, 2.75) is 0 Å². The van der Waals surface area contributed by atoms with Gasteiger partial charge in [0.2, 0.25) is 0 Å². The first-order chi connectivity index (χ1) is 26.8. The van der Waals surface area contributed by atoms with Gasteiger partial charge in [0.05, 0.1) is 5.69 Å². The van der Waals surface area contributed by atoms with Crippen LogP contribution in [0.2, 0.25) is 0 Å². The van der Waals surface area contributed by atoms with Crippen molar-refractivity contribution >= 4 is 59.3 Å². The van der Waals surface area contributed by atoms with Crippen molar-refractivity contribution in [2.24, 2.45) is 0 Å². The quantitative estimate of drug-likeness (QED) is 0.160. The van der Waals surface area contributed by atoms with Crippen molar-refractivity contribution in [1.82, 2.24) is 0 Å². The molecule has 10 rings (SSSR count). The summed E-state index contributed by atoms with van der Waals surface area (Å²) in [5.74, 6) is 0. The second-order valence-corrected chi connectivity index (χ2v) is 14.8. The lowest BCUT2D eigenvalue weighted by Crippen LogP contribution is -2.11. The van der Waals surface area contributed by atoms with Crippen LogP contribution >= 0.6 is 11.3 Å². The molecule has 0 spiro atoms. The highest BCUT2D eigenvalue weighted by atomic mass is 32.1. The van der Waals surface area contributed by atoms with Gasteiger partial charge in [-0.1, -0.05) is 164 Å². The molecule has 0 radical (unpaired) electrons. The SMILES string of the molecule is c1ccc(-c2ccc(N(c3cccc(-c4ccccc4-c4ccc5ccccc5c4)c3)c3ccccc3-c3ccc4c(c3)sc3ccccc34)cc2)cc1. The average Bonchev–Trinajstić information content (AvgIpc) is 3.62. The average molecular weight is 706 g/mol. The smallest absolute Gasteiger partial charge is 0.0540 e. The van der Waals surface area contributed by atoms with Crippen LogP contribution in [0.15, 0.2) is 212 Å². The van der Waals surface area contributed by atoms with Crippen molar-refractivity contribution in [3.05, 3.63) is 212 Å². The third kappa shape index (κ3) is 5.84. The number of anilines is 3. The summed E-state index contributed by atoms with van der Waals surface area (Å²) in [6, 6.07) is 77.2. The highest BCUT2D eigenvalue weighted by Crippen LogP contribution is 2.45. The molecule has 2 heteroatoms. The molecule has 10 aromatic rings. The van der Waals surface area contributed by atoms with E-state index in [2.05, 4.69) is 217 Å². The molecule has 0 atom stereocenters. The molecular formula is C52H35NS. The van der Waals surface area contributed by atoms with Gasteiger partial charge in [-0.05, 0) is 98.2 Å². The number of benzene rings is 9. The predicted molar refractivity (Wildman–Crippen MR) is 233 cm³/mol. The lowest BCUT2D eigenvalue weighted by atomic mass is 9.93. The topological polar surface area (TPSA) is 3.24 Å². The van der Waals surface area contributed by atoms with E-state index < -0.39 is 0 Å². The van der Waals surface area contributed by atoms with Gasteiger partial charge >= 0.3 is 0 Å². The largest absolute Gasteiger partial charge is 0.310 e. The molecule has 0 amide bonds. The van der Waals surface area contributed by atoms with E-state index in [9.17, 15) is 0 Å². The fourth-order valence-corrected chi connectivity index (χ4v) is 8.97. The van der Waals surface area contributed by atoms with Gasteiger partial charge in [0, 0.05) is 37.1 Å². The van der Waals surface area contributed by atoms with E-state index in [-0.39, 0.29) is 0 Å². The van der Waals surface area contributed by atoms with Gasteiger partial charge in [0.15, 0.2) is 0 Å². The van der Waals surface area contributed by atoms with Gasteiger partial charge < -0.3 is 4.90 Å². The molecule has 0 N–H and O–H groups in total. The van der Waals surface area contributed by atoms with E-state index in [4.69, 9.17) is 0 Å². The number of hydrogen-bond acceptors (Lipinski definition) is 2.